The van der Waals surface area contributed by atoms with Crippen LogP contribution in [0.5, 0.6) is 0 Å². The summed E-state index contributed by atoms with van der Waals surface area (Å²) in [5.74, 6) is -0.485. The first kappa shape index (κ1) is 19.9. The van der Waals surface area contributed by atoms with E-state index >= 15 is 0 Å². The molecule has 0 aromatic carbocycles. The minimum Gasteiger partial charge on any atom is -0.481 e. The molecular formula is C16H32N2O3. The highest BCUT2D eigenvalue weighted by Crippen LogP contribution is 2.20. The Labute approximate surface area is 128 Å². The van der Waals surface area contributed by atoms with Gasteiger partial charge in [-0.3, -0.25) is 9.59 Å². The SMILES string of the molecule is CCCCC(C)CC(CNC(=O)C(N)C(C)C)CC(=O)O. The van der Waals surface area contributed by atoms with Crippen molar-refractivity contribution in [3.05, 3.63) is 0 Å². The average molecular weight is 300 g/mol. The van der Waals surface area contributed by atoms with Gasteiger partial charge in [-0.15, -0.1) is 0 Å². The molecule has 21 heavy (non-hydrogen) atoms. The molecule has 0 aromatic rings. The molecule has 0 saturated heterocycles. The summed E-state index contributed by atoms with van der Waals surface area (Å²) >= 11 is 0. The highest BCUT2D eigenvalue weighted by molar-refractivity contribution is 5.81. The van der Waals surface area contributed by atoms with Crippen molar-refractivity contribution in [2.24, 2.45) is 23.5 Å². The van der Waals surface area contributed by atoms with E-state index in [0.717, 1.165) is 25.7 Å². The van der Waals surface area contributed by atoms with E-state index < -0.39 is 12.0 Å². The lowest BCUT2D eigenvalue weighted by Crippen LogP contribution is -2.45. The van der Waals surface area contributed by atoms with Crippen LogP contribution in [0.25, 0.3) is 0 Å². The first-order chi connectivity index (χ1) is 9.77. The van der Waals surface area contributed by atoms with Crippen molar-refractivity contribution in [2.45, 2.75) is 65.8 Å². The number of rotatable bonds is 11. The molecule has 0 heterocycles. The predicted octanol–water partition coefficient (Wildman–Crippen LogP) is 2.39. The Kier molecular flexibility index (Phi) is 10.0. The summed E-state index contributed by atoms with van der Waals surface area (Å²) in [7, 11) is 0. The number of unbranched alkanes of at least 4 members (excludes halogenated alkanes) is 1. The second-order valence-corrected chi connectivity index (χ2v) is 6.46. The van der Waals surface area contributed by atoms with Gasteiger partial charge in [0.2, 0.25) is 5.91 Å². The van der Waals surface area contributed by atoms with Crippen molar-refractivity contribution in [3.8, 4) is 0 Å². The molecule has 3 unspecified atom stereocenters. The molecule has 0 radical (unpaired) electrons. The molecule has 4 N–H and O–H groups in total. The van der Waals surface area contributed by atoms with Crippen LogP contribution in [0.3, 0.4) is 0 Å². The lowest BCUT2D eigenvalue weighted by molar-refractivity contribution is -0.138. The van der Waals surface area contributed by atoms with Crippen LogP contribution in [-0.4, -0.2) is 29.6 Å². The monoisotopic (exact) mass is 300 g/mol. The van der Waals surface area contributed by atoms with Crippen LogP contribution < -0.4 is 11.1 Å². The Morgan fingerprint density at radius 2 is 1.86 bits per heavy atom. The Morgan fingerprint density at radius 3 is 2.33 bits per heavy atom. The van der Waals surface area contributed by atoms with Crippen molar-refractivity contribution < 1.29 is 14.7 Å². The fraction of sp³-hybridized carbons (Fsp3) is 0.875. The number of carboxylic acids is 1. The number of hydrogen-bond donors (Lipinski definition) is 3. The maximum Gasteiger partial charge on any atom is 0.303 e. The van der Waals surface area contributed by atoms with E-state index in [0.29, 0.717) is 12.5 Å². The van der Waals surface area contributed by atoms with E-state index in [-0.39, 0.29) is 24.2 Å². The quantitative estimate of drug-likeness (QED) is 0.546. The topological polar surface area (TPSA) is 92.4 Å². The molecule has 3 atom stereocenters. The van der Waals surface area contributed by atoms with Gasteiger partial charge >= 0.3 is 5.97 Å². The number of carbonyl (C=O) groups is 2. The number of amides is 1. The van der Waals surface area contributed by atoms with E-state index in [1.54, 1.807) is 0 Å². The van der Waals surface area contributed by atoms with Gasteiger partial charge in [-0.1, -0.05) is 47.0 Å². The summed E-state index contributed by atoms with van der Waals surface area (Å²) in [6.07, 6.45) is 4.32. The molecule has 0 fully saturated rings. The summed E-state index contributed by atoms with van der Waals surface area (Å²) in [5.41, 5.74) is 5.79. The third kappa shape index (κ3) is 9.45. The molecule has 5 heteroatoms. The maximum absolute atomic E-state index is 11.8. The minimum atomic E-state index is -0.815. The lowest BCUT2D eigenvalue weighted by atomic mass is 9.89. The molecule has 5 nitrogen and oxygen atoms in total. The second-order valence-electron chi connectivity index (χ2n) is 6.46. The summed E-state index contributed by atoms with van der Waals surface area (Å²) in [6.45, 7) is 8.47. The number of carbonyl (C=O) groups excluding carboxylic acids is 1. The van der Waals surface area contributed by atoms with Gasteiger partial charge < -0.3 is 16.2 Å². The Bertz CT molecular complexity index is 319. The Hall–Kier alpha value is -1.10. The first-order valence-corrected chi connectivity index (χ1v) is 8.02. The first-order valence-electron chi connectivity index (χ1n) is 8.02. The third-order valence-corrected chi connectivity index (χ3v) is 3.84. The number of hydrogen-bond acceptors (Lipinski definition) is 3. The second kappa shape index (κ2) is 10.6. The number of nitrogens with two attached hydrogens (primary N) is 1. The Balaban J connectivity index is 4.35. The zero-order valence-electron chi connectivity index (χ0n) is 13.9. The molecule has 124 valence electrons. The van der Waals surface area contributed by atoms with Crippen molar-refractivity contribution in [3.63, 3.8) is 0 Å². The fourth-order valence-corrected chi connectivity index (χ4v) is 2.39. The molecular weight excluding hydrogens is 268 g/mol. The Morgan fingerprint density at radius 1 is 1.24 bits per heavy atom. The average Bonchev–Trinajstić information content (AvgIpc) is 2.40. The van der Waals surface area contributed by atoms with Crippen molar-refractivity contribution in [1.29, 1.82) is 0 Å². The van der Waals surface area contributed by atoms with Crippen LogP contribution >= 0.6 is 0 Å². The molecule has 0 aliphatic rings. The summed E-state index contributed by atoms with van der Waals surface area (Å²) in [6, 6.07) is -0.534. The summed E-state index contributed by atoms with van der Waals surface area (Å²) in [4.78, 5) is 22.8. The van der Waals surface area contributed by atoms with Crippen LogP contribution in [-0.2, 0) is 9.59 Å². The molecule has 0 aliphatic heterocycles. The van der Waals surface area contributed by atoms with Crippen molar-refractivity contribution in [1.82, 2.24) is 5.32 Å². The van der Waals surface area contributed by atoms with E-state index in [1.807, 2.05) is 13.8 Å². The van der Waals surface area contributed by atoms with E-state index in [4.69, 9.17) is 10.8 Å². The highest BCUT2D eigenvalue weighted by Gasteiger charge is 2.21. The van der Waals surface area contributed by atoms with E-state index in [9.17, 15) is 9.59 Å². The number of aliphatic carboxylic acids is 1. The standard InChI is InChI=1S/C16H32N2O3/c1-5-6-7-12(4)8-13(9-14(19)20)10-18-16(21)15(17)11(2)3/h11-13,15H,5-10,17H2,1-4H3,(H,18,21)(H,19,20). The predicted molar refractivity (Wildman–Crippen MR) is 84.9 cm³/mol. The molecule has 0 aliphatic carbocycles. The minimum absolute atomic E-state index is 0.0299. The summed E-state index contributed by atoms with van der Waals surface area (Å²) < 4.78 is 0. The molecule has 0 spiro atoms. The lowest BCUT2D eigenvalue weighted by Gasteiger charge is -2.22. The largest absolute Gasteiger partial charge is 0.481 e. The van der Waals surface area contributed by atoms with E-state index in [2.05, 4.69) is 19.2 Å². The number of nitrogens with one attached hydrogen (secondary N) is 1. The van der Waals surface area contributed by atoms with Gasteiger partial charge in [-0.2, -0.15) is 0 Å². The van der Waals surface area contributed by atoms with Gasteiger partial charge in [0.15, 0.2) is 0 Å². The molecule has 0 saturated carbocycles. The number of carboxylic acid groups (broad SMARTS) is 1. The van der Waals surface area contributed by atoms with Gasteiger partial charge in [0.05, 0.1) is 6.04 Å². The van der Waals surface area contributed by atoms with Crippen LogP contribution in [0.4, 0.5) is 0 Å². The van der Waals surface area contributed by atoms with Gasteiger partial charge in [0.1, 0.15) is 0 Å². The van der Waals surface area contributed by atoms with Crippen molar-refractivity contribution >= 4 is 11.9 Å². The van der Waals surface area contributed by atoms with Crippen LogP contribution in [0.1, 0.15) is 59.8 Å². The smallest absolute Gasteiger partial charge is 0.303 e. The van der Waals surface area contributed by atoms with Gasteiger partial charge in [0.25, 0.3) is 0 Å². The molecule has 1 amide bonds. The zero-order valence-corrected chi connectivity index (χ0v) is 13.9. The normalized spacial score (nSPS) is 15.5. The highest BCUT2D eigenvalue weighted by atomic mass is 16.4. The zero-order chi connectivity index (χ0) is 16.4. The van der Waals surface area contributed by atoms with E-state index in [1.165, 1.54) is 0 Å². The fourth-order valence-electron chi connectivity index (χ4n) is 2.39. The molecule has 0 aromatic heterocycles. The van der Waals surface area contributed by atoms with Crippen molar-refractivity contribution in [2.75, 3.05) is 6.54 Å². The van der Waals surface area contributed by atoms with Crippen LogP contribution in [0, 0.1) is 17.8 Å². The van der Waals surface area contributed by atoms with Gasteiger partial charge in [-0.05, 0) is 24.2 Å². The summed E-state index contributed by atoms with van der Waals surface area (Å²) in [5, 5.41) is 11.8. The van der Waals surface area contributed by atoms with Gasteiger partial charge in [0, 0.05) is 13.0 Å². The van der Waals surface area contributed by atoms with Crippen LogP contribution in [0.15, 0.2) is 0 Å². The molecule has 0 rings (SSSR count). The van der Waals surface area contributed by atoms with Gasteiger partial charge in [-0.25, -0.2) is 0 Å². The van der Waals surface area contributed by atoms with Crippen LogP contribution in [0.2, 0.25) is 0 Å². The maximum atomic E-state index is 11.8. The molecule has 0 bridgehead atoms. The third-order valence-electron chi connectivity index (χ3n) is 3.84.